The lowest BCUT2D eigenvalue weighted by Crippen LogP contribution is -2.15. The summed E-state index contributed by atoms with van der Waals surface area (Å²) in [5.41, 5.74) is 0.671. The first-order valence-electron chi connectivity index (χ1n) is 6.14. The van der Waals surface area contributed by atoms with E-state index in [-0.39, 0.29) is 11.9 Å². The van der Waals surface area contributed by atoms with Gasteiger partial charge in [0.05, 0.1) is 6.10 Å². The van der Waals surface area contributed by atoms with Gasteiger partial charge in [0.2, 0.25) is 0 Å². The van der Waals surface area contributed by atoms with Crippen LogP contribution in [0.25, 0.3) is 0 Å². The van der Waals surface area contributed by atoms with Crippen LogP contribution in [0.2, 0.25) is 0 Å². The molecular weight excluding hydrogens is 216 g/mol. The largest absolute Gasteiger partial charge is 0.381 e. The zero-order valence-corrected chi connectivity index (χ0v) is 9.84. The molecule has 1 aromatic carbocycles. The highest BCUT2D eigenvalue weighted by Gasteiger charge is 2.21. The number of Topliss-reactive ketones (excluding diaryl/α,β-unsaturated/α-hetero) is 1. The van der Waals surface area contributed by atoms with Crippen LogP contribution in [0.4, 0.5) is 0 Å². The summed E-state index contributed by atoms with van der Waals surface area (Å²) < 4.78 is 5.45. The average Bonchev–Trinajstić information content (AvgIpc) is 2.89. The summed E-state index contributed by atoms with van der Waals surface area (Å²) >= 11 is 0. The summed E-state index contributed by atoms with van der Waals surface area (Å²) in [7, 11) is 0. The summed E-state index contributed by atoms with van der Waals surface area (Å²) in [6.07, 6.45) is 2.46. The number of aliphatic hydroxyl groups excluding tert-OH is 1. The minimum Gasteiger partial charge on any atom is -0.381 e. The van der Waals surface area contributed by atoms with Gasteiger partial charge in [-0.05, 0) is 24.8 Å². The molecule has 0 aromatic heterocycles. The number of hydrogen-bond acceptors (Lipinski definition) is 3. The van der Waals surface area contributed by atoms with E-state index < -0.39 is 6.10 Å². The van der Waals surface area contributed by atoms with Crippen LogP contribution in [0, 0.1) is 0 Å². The van der Waals surface area contributed by atoms with E-state index in [1.54, 1.807) is 12.1 Å². The van der Waals surface area contributed by atoms with E-state index in [0.29, 0.717) is 12.0 Å². The molecule has 17 heavy (non-hydrogen) atoms. The predicted molar refractivity (Wildman–Crippen MR) is 64.6 cm³/mol. The van der Waals surface area contributed by atoms with Gasteiger partial charge >= 0.3 is 0 Å². The number of rotatable bonds is 5. The maximum absolute atomic E-state index is 11.8. The Balaban J connectivity index is 1.83. The first-order chi connectivity index (χ1) is 8.27. The van der Waals surface area contributed by atoms with Crippen LogP contribution in [-0.2, 0) is 9.53 Å². The van der Waals surface area contributed by atoms with Crippen LogP contribution >= 0.6 is 0 Å². The number of carbonyl (C=O) groups is 1. The second kappa shape index (κ2) is 5.94. The molecule has 1 heterocycles. The Morgan fingerprint density at radius 2 is 2.18 bits per heavy atom. The molecule has 1 aliphatic heterocycles. The molecule has 0 saturated carbocycles. The lowest BCUT2D eigenvalue weighted by Gasteiger charge is -2.12. The SMILES string of the molecule is O=C(CCC1CCCO1)C(O)c1ccccc1. The quantitative estimate of drug-likeness (QED) is 0.850. The van der Waals surface area contributed by atoms with Gasteiger partial charge in [0.25, 0.3) is 0 Å². The van der Waals surface area contributed by atoms with Gasteiger partial charge in [-0.3, -0.25) is 4.79 Å². The van der Waals surface area contributed by atoms with Gasteiger partial charge in [-0.2, -0.15) is 0 Å². The molecule has 0 radical (unpaired) electrons. The Kier molecular flexibility index (Phi) is 4.29. The number of hydrogen-bond donors (Lipinski definition) is 1. The fraction of sp³-hybridized carbons (Fsp3) is 0.500. The van der Waals surface area contributed by atoms with Crippen molar-refractivity contribution in [2.75, 3.05) is 6.61 Å². The van der Waals surface area contributed by atoms with Crippen molar-refractivity contribution >= 4 is 5.78 Å². The molecule has 1 N–H and O–H groups in total. The van der Waals surface area contributed by atoms with Crippen molar-refractivity contribution in [1.82, 2.24) is 0 Å². The van der Waals surface area contributed by atoms with Crippen molar-refractivity contribution < 1.29 is 14.6 Å². The van der Waals surface area contributed by atoms with Crippen LogP contribution in [0.1, 0.15) is 37.4 Å². The number of ketones is 1. The Bertz CT molecular complexity index is 355. The third-order valence-corrected chi connectivity index (χ3v) is 3.16. The molecule has 1 fully saturated rings. The van der Waals surface area contributed by atoms with Crippen molar-refractivity contribution in [2.45, 2.75) is 37.9 Å². The van der Waals surface area contributed by atoms with Crippen molar-refractivity contribution in [2.24, 2.45) is 0 Å². The molecule has 1 aliphatic rings. The van der Waals surface area contributed by atoms with Crippen LogP contribution in [0.3, 0.4) is 0 Å². The van der Waals surface area contributed by atoms with Gasteiger partial charge in [-0.25, -0.2) is 0 Å². The molecule has 0 spiro atoms. The standard InChI is InChI=1S/C14H18O3/c15-13(9-8-12-7-4-10-17-12)14(16)11-5-2-1-3-6-11/h1-3,5-6,12,14,16H,4,7-10H2. The van der Waals surface area contributed by atoms with Crippen LogP contribution < -0.4 is 0 Å². The van der Waals surface area contributed by atoms with E-state index in [9.17, 15) is 9.90 Å². The van der Waals surface area contributed by atoms with Crippen LogP contribution in [0.15, 0.2) is 30.3 Å². The summed E-state index contributed by atoms with van der Waals surface area (Å²) in [4.78, 5) is 11.8. The predicted octanol–water partition coefficient (Wildman–Crippen LogP) is 2.25. The van der Waals surface area contributed by atoms with E-state index in [2.05, 4.69) is 0 Å². The molecule has 0 aliphatic carbocycles. The number of benzene rings is 1. The smallest absolute Gasteiger partial charge is 0.165 e. The lowest BCUT2D eigenvalue weighted by molar-refractivity contribution is -0.128. The molecule has 92 valence electrons. The highest BCUT2D eigenvalue weighted by molar-refractivity contribution is 5.84. The number of carbonyl (C=O) groups excluding carboxylic acids is 1. The van der Waals surface area contributed by atoms with E-state index in [1.807, 2.05) is 18.2 Å². The normalized spacial score (nSPS) is 21.4. The maximum Gasteiger partial charge on any atom is 0.165 e. The molecule has 0 bridgehead atoms. The second-order valence-electron chi connectivity index (χ2n) is 4.45. The van der Waals surface area contributed by atoms with E-state index in [4.69, 9.17) is 4.74 Å². The zero-order valence-electron chi connectivity index (χ0n) is 9.84. The Morgan fingerprint density at radius 3 is 2.82 bits per heavy atom. The van der Waals surface area contributed by atoms with Gasteiger partial charge in [-0.15, -0.1) is 0 Å². The van der Waals surface area contributed by atoms with Crippen molar-refractivity contribution in [3.05, 3.63) is 35.9 Å². The van der Waals surface area contributed by atoms with Gasteiger partial charge in [-0.1, -0.05) is 30.3 Å². The highest BCUT2D eigenvalue weighted by atomic mass is 16.5. The highest BCUT2D eigenvalue weighted by Crippen LogP contribution is 2.20. The first kappa shape index (κ1) is 12.3. The molecule has 0 amide bonds. The van der Waals surface area contributed by atoms with Crippen molar-refractivity contribution in [3.63, 3.8) is 0 Å². The number of ether oxygens (including phenoxy) is 1. The fourth-order valence-electron chi connectivity index (χ4n) is 2.13. The molecule has 3 heteroatoms. The van der Waals surface area contributed by atoms with Gasteiger partial charge in [0.15, 0.2) is 5.78 Å². The minimum absolute atomic E-state index is 0.119. The van der Waals surface area contributed by atoms with E-state index in [0.717, 1.165) is 25.9 Å². The Labute approximate surface area is 101 Å². The van der Waals surface area contributed by atoms with Gasteiger partial charge in [0, 0.05) is 13.0 Å². The topological polar surface area (TPSA) is 46.5 Å². The summed E-state index contributed by atoms with van der Waals surface area (Å²) in [5, 5.41) is 9.87. The fourth-order valence-corrected chi connectivity index (χ4v) is 2.13. The van der Waals surface area contributed by atoms with Crippen LogP contribution in [-0.4, -0.2) is 23.6 Å². The Hall–Kier alpha value is -1.19. The molecule has 2 rings (SSSR count). The van der Waals surface area contributed by atoms with Crippen molar-refractivity contribution in [3.8, 4) is 0 Å². The van der Waals surface area contributed by atoms with Gasteiger partial charge < -0.3 is 9.84 Å². The van der Waals surface area contributed by atoms with E-state index in [1.165, 1.54) is 0 Å². The summed E-state index contributed by atoms with van der Waals surface area (Å²) in [5.74, 6) is -0.119. The molecule has 2 unspecified atom stereocenters. The molecular formula is C14H18O3. The molecule has 1 saturated heterocycles. The zero-order chi connectivity index (χ0) is 12.1. The summed E-state index contributed by atoms with van der Waals surface area (Å²) in [6, 6.07) is 9.06. The molecule has 1 aromatic rings. The molecule has 3 nitrogen and oxygen atoms in total. The first-order valence-corrected chi connectivity index (χ1v) is 6.14. The van der Waals surface area contributed by atoms with Crippen molar-refractivity contribution in [1.29, 1.82) is 0 Å². The Morgan fingerprint density at radius 1 is 1.41 bits per heavy atom. The average molecular weight is 234 g/mol. The third kappa shape index (κ3) is 3.38. The summed E-state index contributed by atoms with van der Waals surface area (Å²) in [6.45, 7) is 0.806. The third-order valence-electron chi connectivity index (χ3n) is 3.16. The number of aliphatic hydroxyl groups is 1. The minimum atomic E-state index is -0.988. The second-order valence-corrected chi connectivity index (χ2v) is 4.45. The lowest BCUT2D eigenvalue weighted by atomic mass is 10.0. The van der Waals surface area contributed by atoms with Crippen LogP contribution in [0.5, 0.6) is 0 Å². The van der Waals surface area contributed by atoms with Gasteiger partial charge in [0.1, 0.15) is 6.10 Å². The monoisotopic (exact) mass is 234 g/mol. The molecule has 2 atom stereocenters. The maximum atomic E-state index is 11.8. The van der Waals surface area contributed by atoms with E-state index >= 15 is 0 Å².